The number of carboxylic acids is 1. The van der Waals surface area contributed by atoms with Crippen LogP contribution in [0.1, 0.15) is 52.4 Å². The van der Waals surface area contributed by atoms with E-state index < -0.39 is 5.97 Å². The summed E-state index contributed by atoms with van der Waals surface area (Å²) in [6.07, 6.45) is 4.57. The van der Waals surface area contributed by atoms with Crippen LogP contribution in [-0.2, 0) is 9.59 Å². The molecule has 1 amide bonds. The van der Waals surface area contributed by atoms with Crippen LogP contribution >= 0.6 is 0 Å². The lowest BCUT2D eigenvalue weighted by Gasteiger charge is -2.10. The first-order valence-corrected chi connectivity index (χ1v) is 6.07. The molecule has 0 bridgehead atoms. The van der Waals surface area contributed by atoms with Gasteiger partial charge in [0.15, 0.2) is 0 Å². The molecule has 4 nitrogen and oxygen atoms in total. The van der Waals surface area contributed by atoms with Crippen molar-refractivity contribution < 1.29 is 14.7 Å². The Balaban J connectivity index is 3.37. The van der Waals surface area contributed by atoms with Gasteiger partial charge in [-0.1, -0.05) is 26.7 Å². The highest BCUT2D eigenvalue weighted by atomic mass is 16.4. The zero-order valence-corrected chi connectivity index (χ0v) is 10.3. The lowest BCUT2D eigenvalue weighted by Crippen LogP contribution is -2.29. The maximum Gasteiger partial charge on any atom is 0.303 e. The second-order valence-corrected chi connectivity index (χ2v) is 4.19. The Kier molecular flexibility index (Phi) is 8.58. The quantitative estimate of drug-likeness (QED) is 0.595. The van der Waals surface area contributed by atoms with Crippen LogP contribution < -0.4 is 5.32 Å². The minimum atomic E-state index is -0.749. The second-order valence-electron chi connectivity index (χ2n) is 4.19. The molecule has 0 rings (SSSR count). The SMILES string of the molecule is CCCC(C)C(=O)NCCCCCC(=O)O. The number of hydrogen-bond acceptors (Lipinski definition) is 2. The molecule has 0 aromatic rings. The maximum atomic E-state index is 11.5. The van der Waals surface area contributed by atoms with Crippen molar-refractivity contribution in [2.45, 2.75) is 52.4 Å². The number of carbonyl (C=O) groups excluding carboxylic acids is 1. The van der Waals surface area contributed by atoms with Gasteiger partial charge in [0.2, 0.25) is 5.91 Å². The molecule has 0 saturated heterocycles. The Labute approximate surface area is 97.4 Å². The Morgan fingerprint density at radius 1 is 1.25 bits per heavy atom. The predicted molar refractivity (Wildman–Crippen MR) is 63.2 cm³/mol. The molecule has 94 valence electrons. The molecule has 0 aliphatic heterocycles. The lowest BCUT2D eigenvalue weighted by atomic mass is 10.1. The fraction of sp³-hybridized carbons (Fsp3) is 0.833. The molecule has 0 aliphatic carbocycles. The number of aliphatic carboxylic acids is 1. The number of unbranched alkanes of at least 4 members (excludes halogenated alkanes) is 2. The number of rotatable bonds is 9. The second kappa shape index (κ2) is 9.19. The zero-order valence-electron chi connectivity index (χ0n) is 10.3. The summed E-state index contributed by atoms with van der Waals surface area (Å²) in [6.45, 7) is 4.66. The Morgan fingerprint density at radius 2 is 1.94 bits per heavy atom. The molecule has 2 N–H and O–H groups in total. The predicted octanol–water partition coefficient (Wildman–Crippen LogP) is 2.18. The summed E-state index contributed by atoms with van der Waals surface area (Å²) >= 11 is 0. The van der Waals surface area contributed by atoms with Crippen molar-refractivity contribution in [2.24, 2.45) is 5.92 Å². The summed E-state index contributed by atoms with van der Waals surface area (Å²) in [5, 5.41) is 11.3. The van der Waals surface area contributed by atoms with Crippen molar-refractivity contribution in [3.63, 3.8) is 0 Å². The Morgan fingerprint density at radius 3 is 2.50 bits per heavy atom. The third-order valence-electron chi connectivity index (χ3n) is 2.54. The molecule has 0 aliphatic rings. The molecule has 0 radical (unpaired) electrons. The summed E-state index contributed by atoms with van der Waals surface area (Å²) in [5.74, 6) is -0.551. The van der Waals surface area contributed by atoms with E-state index in [9.17, 15) is 9.59 Å². The van der Waals surface area contributed by atoms with E-state index in [0.29, 0.717) is 13.0 Å². The normalized spacial score (nSPS) is 12.1. The topological polar surface area (TPSA) is 66.4 Å². The molecule has 1 unspecified atom stereocenters. The highest BCUT2D eigenvalue weighted by Gasteiger charge is 2.10. The van der Waals surface area contributed by atoms with Crippen molar-refractivity contribution in [3.05, 3.63) is 0 Å². The summed E-state index contributed by atoms with van der Waals surface area (Å²) in [4.78, 5) is 21.7. The van der Waals surface area contributed by atoms with Gasteiger partial charge in [0.05, 0.1) is 0 Å². The molecular weight excluding hydrogens is 206 g/mol. The fourth-order valence-corrected chi connectivity index (χ4v) is 1.53. The van der Waals surface area contributed by atoms with Gasteiger partial charge in [-0.3, -0.25) is 9.59 Å². The molecule has 0 aromatic carbocycles. The standard InChI is InChI=1S/C12H23NO3/c1-3-7-10(2)12(16)13-9-6-4-5-8-11(14)15/h10H,3-9H2,1-2H3,(H,13,16)(H,14,15). The van der Waals surface area contributed by atoms with Gasteiger partial charge in [-0.15, -0.1) is 0 Å². The van der Waals surface area contributed by atoms with Gasteiger partial charge in [0, 0.05) is 18.9 Å². The fourth-order valence-electron chi connectivity index (χ4n) is 1.53. The molecule has 1 atom stereocenters. The smallest absolute Gasteiger partial charge is 0.303 e. The van der Waals surface area contributed by atoms with E-state index in [-0.39, 0.29) is 18.2 Å². The van der Waals surface area contributed by atoms with Crippen LogP contribution in [0.15, 0.2) is 0 Å². The highest BCUT2D eigenvalue weighted by Crippen LogP contribution is 2.05. The molecule has 16 heavy (non-hydrogen) atoms. The molecule has 0 spiro atoms. The first-order chi connectivity index (χ1) is 7.57. The van der Waals surface area contributed by atoms with Crippen LogP contribution in [-0.4, -0.2) is 23.5 Å². The van der Waals surface area contributed by atoms with Gasteiger partial charge in [-0.05, 0) is 19.3 Å². The summed E-state index contributed by atoms with van der Waals surface area (Å²) in [5.41, 5.74) is 0. The average molecular weight is 229 g/mol. The van der Waals surface area contributed by atoms with E-state index in [1.165, 1.54) is 0 Å². The van der Waals surface area contributed by atoms with Crippen molar-refractivity contribution in [2.75, 3.05) is 6.54 Å². The maximum absolute atomic E-state index is 11.5. The van der Waals surface area contributed by atoms with E-state index in [1.807, 2.05) is 6.92 Å². The lowest BCUT2D eigenvalue weighted by molar-refractivity contribution is -0.137. The van der Waals surface area contributed by atoms with Crippen LogP contribution in [0.4, 0.5) is 0 Å². The number of hydrogen-bond donors (Lipinski definition) is 2. The first-order valence-electron chi connectivity index (χ1n) is 6.07. The van der Waals surface area contributed by atoms with E-state index in [2.05, 4.69) is 12.2 Å². The molecule has 0 saturated carbocycles. The van der Waals surface area contributed by atoms with Crippen LogP contribution in [0.25, 0.3) is 0 Å². The third kappa shape index (κ3) is 8.26. The van der Waals surface area contributed by atoms with E-state index in [4.69, 9.17) is 5.11 Å². The van der Waals surface area contributed by atoms with Crippen molar-refractivity contribution in [1.82, 2.24) is 5.32 Å². The largest absolute Gasteiger partial charge is 0.481 e. The molecule has 0 aromatic heterocycles. The Hall–Kier alpha value is -1.06. The monoisotopic (exact) mass is 229 g/mol. The number of nitrogens with one attached hydrogen (secondary N) is 1. The van der Waals surface area contributed by atoms with E-state index in [0.717, 1.165) is 25.7 Å². The van der Waals surface area contributed by atoms with Crippen molar-refractivity contribution in [1.29, 1.82) is 0 Å². The average Bonchev–Trinajstić information content (AvgIpc) is 2.22. The summed E-state index contributed by atoms with van der Waals surface area (Å²) in [7, 11) is 0. The van der Waals surface area contributed by atoms with Gasteiger partial charge in [0.25, 0.3) is 0 Å². The number of carboxylic acid groups (broad SMARTS) is 1. The summed E-state index contributed by atoms with van der Waals surface area (Å²) in [6, 6.07) is 0. The van der Waals surface area contributed by atoms with Crippen LogP contribution in [0.3, 0.4) is 0 Å². The minimum Gasteiger partial charge on any atom is -0.481 e. The highest BCUT2D eigenvalue weighted by molar-refractivity contribution is 5.78. The van der Waals surface area contributed by atoms with Gasteiger partial charge in [-0.2, -0.15) is 0 Å². The van der Waals surface area contributed by atoms with E-state index >= 15 is 0 Å². The number of amides is 1. The zero-order chi connectivity index (χ0) is 12.4. The molecule has 0 fully saturated rings. The van der Waals surface area contributed by atoms with Crippen LogP contribution in [0, 0.1) is 5.92 Å². The van der Waals surface area contributed by atoms with Gasteiger partial charge < -0.3 is 10.4 Å². The van der Waals surface area contributed by atoms with Crippen molar-refractivity contribution >= 4 is 11.9 Å². The van der Waals surface area contributed by atoms with Crippen LogP contribution in [0.5, 0.6) is 0 Å². The van der Waals surface area contributed by atoms with Gasteiger partial charge in [0.1, 0.15) is 0 Å². The molecule has 4 heteroatoms. The van der Waals surface area contributed by atoms with Crippen molar-refractivity contribution in [3.8, 4) is 0 Å². The van der Waals surface area contributed by atoms with Gasteiger partial charge in [-0.25, -0.2) is 0 Å². The van der Waals surface area contributed by atoms with Gasteiger partial charge >= 0.3 is 5.97 Å². The van der Waals surface area contributed by atoms with Crippen LogP contribution in [0.2, 0.25) is 0 Å². The Bertz CT molecular complexity index is 216. The molecular formula is C12H23NO3. The number of carbonyl (C=O) groups is 2. The summed E-state index contributed by atoms with van der Waals surface area (Å²) < 4.78 is 0. The molecule has 0 heterocycles. The first kappa shape index (κ1) is 14.9. The minimum absolute atomic E-state index is 0.0871. The third-order valence-corrected chi connectivity index (χ3v) is 2.54. The van der Waals surface area contributed by atoms with E-state index in [1.54, 1.807) is 0 Å².